The molecule has 1 aliphatic heterocycles. The second-order valence-electron chi connectivity index (χ2n) is 7.94. The zero-order chi connectivity index (χ0) is 17.7. The van der Waals surface area contributed by atoms with E-state index in [2.05, 4.69) is 33.9 Å². The first-order valence-electron chi connectivity index (χ1n) is 7.75. The Morgan fingerprint density at radius 2 is 1.83 bits per heavy atom. The number of alkyl halides is 3. The lowest BCUT2D eigenvalue weighted by Crippen LogP contribution is -2.44. The fraction of sp³-hybridized carbons (Fsp3) is 0.647. The van der Waals surface area contributed by atoms with E-state index in [-0.39, 0.29) is 11.6 Å². The standard InChI is InChI=1S/C17H25F3O2Si/c1-15(2,3)23(5,6)22-11-16(4)14-9-13(17(18,19)20)8-7-12(14)10-21-16/h7-9H,10-11H2,1-6H3. The average Bonchev–Trinajstić information content (AvgIpc) is 2.72. The molecule has 130 valence electrons. The first-order chi connectivity index (χ1) is 10.3. The molecule has 0 spiro atoms. The van der Waals surface area contributed by atoms with Gasteiger partial charge in [-0.1, -0.05) is 26.8 Å². The largest absolute Gasteiger partial charge is 0.416 e. The molecule has 0 aromatic heterocycles. The molecule has 1 aromatic rings. The summed E-state index contributed by atoms with van der Waals surface area (Å²) in [7, 11) is -1.99. The highest BCUT2D eigenvalue weighted by Crippen LogP contribution is 2.43. The van der Waals surface area contributed by atoms with Gasteiger partial charge in [-0.15, -0.1) is 0 Å². The van der Waals surface area contributed by atoms with Crippen molar-refractivity contribution in [3.63, 3.8) is 0 Å². The number of hydrogen-bond acceptors (Lipinski definition) is 2. The molecule has 2 rings (SSSR count). The molecule has 0 bridgehead atoms. The zero-order valence-corrected chi connectivity index (χ0v) is 15.6. The summed E-state index contributed by atoms with van der Waals surface area (Å²) in [5.41, 5.74) is -0.0720. The first kappa shape index (κ1) is 18.5. The summed E-state index contributed by atoms with van der Waals surface area (Å²) < 4.78 is 50.9. The van der Waals surface area contributed by atoms with Crippen LogP contribution in [0, 0.1) is 0 Å². The lowest BCUT2D eigenvalue weighted by Gasteiger charge is -2.39. The van der Waals surface area contributed by atoms with Gasteiger partial charge in [0.05, 0.1) is 18.8 Å². The van der Waals surface area contributed by atoms with E-state index in [1.54, 1.807) is 0 Å². The zero-order valence-electron chi connectivity index (χ0n) is 14.6. The van der Waals surface area contributed by atoms with Gasteiger partial charge in [-0.05, 0) is 48.3 Å². The van der Waals surface area contributed by atoms with Crippen molar-refractivity contribution in [1.29, 1.82) is 0 Å². The molecule has 1 aromatic carbocycles. The van der Waals surface area contributed by atoms with Crippen LogP contribution in [0.2, 0.25) is 18.1 Å². The Morgan fingerprint density at radius 1 is 1.22 bits per heavy atom. The molecule has 1 unspecified atom stereocenters. The maximum absolute atomic E-state index is 13.0. The van der Waals surface area contributed by atoms with E-state index >= 15 is 0 Å². The van der Waals surface area contributed by atoms with Crippen LogP contribution < -0.4 is 0 Å². The van der Waals surface area contributed by atoms with Crippen LogP contribution in [0.5, 0.6) is 0 Å². The Kier molecular flexibility index (Phi) is 4.50. The minimum atomic E-state index is -4.35. The SMILES string of the molecule is CC1(CO[Si](C)(C)C(C)(C)C)OCc2ccc(C(F)(F)F)cc21. The van der Waals surface area contributed by atoms with Gasteiger partial charge in [0, 0.05) is 0 Å². The van der Waals surface area contributed by atoms with Gasteiger partial charge in [0.25, 0.3) is 0 Å². The van der Waals surface area contributed by atoms with E-state index < -0.39 is 25.7 Å². The molecule has 0 aliphatic carbocycles. The fourth-order valence-corrected chi connectivity index (χ4v) is 3.41. The molecule has 0 saturated carbocycles. The van der Waals surface area contributed by atoms with Gasteiger partial charge in [-0.2, -0.15) is 13.2 Å². The third-order valence-corrected chi connectivity index (χ3v) is 9.55. The number of rotatable bonds is 3. The third kappa shape index (κ3) is 3.64. The molecule has 1 atom stereocenters. The van der Waals surface area contributed by atoms with Crippen molar-refractivity contribution in [2.24, 2.45) is 0 Å². The lowest BCUT2D eigenvalue weighted by molar-refractivity contribution is -0.137. The molecule has 23 heavy (non-hydrogen) atoms. The van der Waals surface area contributed by atoms with Crippen molar-refractivity contribution in [3.05, 3.63) is 34.9 Å². The van der Waals surface area contributed by atoms with Crippen LogP contribution in [0.25, 0.3) is 0 Å². The van der Waals surface area contributed by atoms with Crippen molar-refractivity contribution in [1.82, 2.24) is 0 Å². The second kappa shape index (κ2) is 5.60. The normalized spacial score (nSPS) is 22.3. The molecule has 0 saturated heterocycles. The van der Waals surface area contributed by atoms with Gasteiger partial charge in [-0.3, -0.25) is 0 Å². The monoisotopic (exact) mass is 346 g/mol. The van der Waals surface area contributed by atoms with Crippen LogP contribution >= 0.6 is 0 Å². The van der Waals surface area contributed by atoms with Crippen molar-refractivity contribution in [2.75, 3.05) is 6.61 Å². The van der Waals surface area contributed by atoms with E-state index in [4.69, 9.17) is 9.16 Å². The van der Waals surface area contributed by atoms with Gasteiger partial charge < -0.3 is 9.16 Å². The predicted octanol–water partition coefficient (Wildman–Crippen LogP) is 5.47. The number of benzene rings is 1. The Hall–Kier alpha value is -0.853. The highest BCUT2D eigenvalue weighted by atomic mass is 28.4. The Labute approximate surface area is 137 Å². The van der Waals surface area contributed by atoms with Crippen LogP contribution in [0.15, 0.2) is 18.2 Å². The van der Waals surface area contributed by atoms with Gasteiger partial charge >= 0.3 is 6.18 Å². The Morgan fingerprint density at radius 3 is 2.35 bits per heavy atom. The summed E-state index contributed by atoms with van der Waals surface area (Å²) in [6.07, 6.45) is -4.35. The highest BCUT2D eigenvalue weighted by Gasteiger charge is 2.43. The van der Waals surface area contributed by atoms with E-state index in [1.165, 1.54) is 12.1 Å². The van der Waals surface area contributed by atoms with Crippen LogP contribution in [-0.4, -0.2) is 14.9 Å². The van der Waals surface area contributed by atoms with E-state index in [9.17, 15) is 13.2 Å². The molecular weight excluding hydrogens is 321 g/mol. The molecule has 0 amide bonds. The number of ether oxygens (including phenoxy) is 1. The molecule has 1 heterocycles. The van der Waals surface area contributed by atoms with Crippen LogP contribution in [0.4, 0.5) is 13.2 Å². The summed E-state index contributed by atoms with van der Waals surface area (Å²) in [5, 5.41) is 0.0403. The van der Waals surface area contributed by atoms with E-state index in [1.807, 2.05) is 6.92 Å². The molecular formula is C17H25F3O2Si. The number of hydrogen-bond donors (Lipinski definition) is 0. The summed E-state index contributed by atoms with van der Waals surface area (Å²) in [6.45, 7) is 13.1. The molecule has 2 nitrogen and oxygen atoms in total. The first-order valence-corrected chi connectivity index (χ1v) is 10.7. The maximum atomic E-state index is 13.0. The lowest BCUT2D eigenvalue weighted by atomic mass is 9.93. The minimum Gasteiger partial charge on any atom is -0.414 e. The third-order valence-electron chi connectivity index (χ3n) is 5.07. The fourth-order valence-electron chi connectivity index (χ4n) is 2.34. The summed E-state index contributed by atoms with van der Waals surface area (Å²) in [5.74, 6) is 0. The minimum absolute atomic E-state index is 0.0403. The number of halogens is 3. The predicted molar refractivity (Wildman–Crippen MR) is 86.7 cm³/mol. The number of fused-ring (bicyclic) bond motifs is 1. The maximum Gasteiger partial charge on any atom is 0.416 e. The summed E-state index contributed by atoms with van der Waals surface area (Å²) in [4.78, 5) is 0. The van der Waals surface area contributed by atoms with Crippen molar-refractivity contribution >= 4 is 8.32 Å². The van der Waals surface area contributed by atoms with E-state index in [0.717, 1.165) is 11.6 Å². The van der Waals surface area contributed by atoms with Crippen molar-refractivity contribution < 1.29 is 22.3 Å². The van der Waals surface area contributed by atoms with Crippen molar-refractivity contribution in [3.8, 4) is 0 Å². The van der Waals surface area contributed by atoms with Crippen LogP contribution in [0.3, 0.4) is 0 Å². The Balaban J connectivity index is 2.27. The topological polar surface area (TPSA) is 18.5 Å². The molecule has 0 fully saturated rings. The van der Waals surface area contributed by atoms with Gasteiger partial charge in [0.1, 0.15) is 5.60 Å². The van der Waals surface area contributed by atoms with Crippen LogP contribution in [0.1, 0.15) is 44.4 Å². The van der Waals surface area contributed by atoms with Gasteiger partial charge in [-0.25, -0.2) is 0 Å². The molecule has 0 radical (unpaired) electrons. The quantitative estimate of drug-likeness (QED) is 0.675. The molecule has 1 aliphatic rings. The van der Waals surface area contributed by atoms with Gasteiger partial charge in [0.2, 0.25) is 0 Å². The Bertz CT molecular complexity index is 590. The molecule has 0 N–H and O–H groups in total. The average molecular weight is 346 g/mol. The van der Waals surface area contributed by atoms with Crippen molar-refractivity contribution in [2.45, 2.75) is 64.2 Å². The summed E-state index contributed by atoms with van der Waals surface area (Å²) >= 11 is 0. The highest BCUT2D eigenvalue weighted by molar-refractivity contribution is 6.74. The molecule has 6 heteroatoms. The summed E-state index contributed by atoms with van der Waals surface area (Å²) in [6, 6.07) is 3.83. The van der Waals surface area contributed by atoms with Crippen LogP contribution in [-0.2, 0) is 27.5 Å². The second-order valence-corrected chi connectivity index (χ2v) is 12.7. The van der Waals surface area contributed by atoms with Gasteiger partial charge in [0.15, 0.2) is 8.32 Å². The smallest absolute Gasteiger partial charge is 0.414 e. The van der Waals surface area contributed by atoms with E-state index in [0.29, 0.717) is 12.2 Å².